The molecular formula is C11H23NO. The molecule has 1 fully saturated rings. The summed E-state index contributed by atoms with van der Waals surface area (Å²) in [5.74, 6) is 0. The topological polar surface area (TPSA) is 35.2 Å². The molecule has 78 valence electrons. The Hall–Kier alpha value is -0.0800. The molecule has 0 amide bonds. The van der Waals surface area contributed by atoms with Crippen molar-refractivity contribution in [1.29, 1.82) is 0 Å². The number of hydrogen-bond donors (Lipinski definition) is 1. The number of unbranched alkanes of at least 4 members (excludes halogenated alkanes) is 3. The molecule has 0 aromatic rings. The minimum atomic E-state index is 0.311. The van der Waals surface area contributed by atoms with Gasteiger partial charge in [0.2, 0.25) is 0 Å². The normalized spacial score (nSPS) is 28.2. The van der Waals surface area contributed by atoms with E-state index >= 15 is 0 Å². The van der Waals surface area contributed by atoms with Crippen LogP contribution < -0.4 is 5.73 Å². The smallest absolute Gasteiger partial charge is 0.0725 e. The fraction of sp³-hybridized carbons (Fsp3) is 1.00. The van der Waals surface area contributed by atoms with Crippen LogP contribution in [0.2, 0.25) is 0 Å². The van der Waals surface area contributed by atoms with Crippen LogP contribution in [0.5, 0.6) is 0 Å². The zero-order valence-electron chi connectivity index (χ0n) is 8.80. The van der Waals surface area contributed by atoms with Crippen LogP contribution in [-0.2, 0) is 4.74 Å². The van der Waals surface area contributed by atoms with Gasteiger partial charge >= 0.3 is 0 Å². The number of rotatable bonds is 6. The molecule has 2 heteroatoms. The van der Waals surface area contributed by atoms with Gasteiger partial charge in [-0.2, -0.15) is 0 Å². The van der Waals surface area contributed by atoms with Crippen molar-refractivity contribution in [2.24, 2.45) is 5.73 Å². The SMILES string of the molecule is CCCCCCOC1CCCC1N. The average Bonchev–Trinajstić information content (AvgIpc) is 2.52. The van der Waals surface area contributed by atoms with E-state index in [1.54, 1.807) is 0 Å². The lowest BCUT2D eigenvalue weighted by Gasteiger charge is -2.15. The van der Waals surface area contributed by atoms with Gasteiger partial charge in [-0.25, -0.2) is 0 Å². The van der Waals surface area contributed by atoms with E-state index in [0.29, 0.717) is 12.1 Å². The molecule has 0 aliphatic heterocycles. The van der Waals surface area contributed by atoms with Crippen LogP contribution in [0.4, 0.5) is 0 Å². The Balaban J connectivity index is 1.93. The lowest BCUT2D eigenvalue weighted by atomic mass is 10.2. The Morgan fingerprint density at radius 3 is 2.69 bits per heavy atom. The number of nitrogens with two attached hydrogens (primary N) is 1. The van der Waals surface area contributed by atoms with Crippen LogP contribution in [0.15, 0.2) is 0 Å². The predicted molar refractivity (Wildman–Crippen MR) is 55.7 cm³/mol. The van der Waals surface area contributed by atoms with E-state index in [1.165, 1.54) is 38.5 Å². The van der Waals surface area contributed by atoms with Gasteiger partial charge in [-0.15, -0.1) is 0 Å². The van der Waals surface area contributed by atoms with E-state index in [4.69, 9.17) is 10.5 Å². The van der Waals surface area contributed by atoms with E-state index < -0.39 is 0 Å². The molecule has 0 radical (unpaired) electrons. The monoisotopic (exact) mass is 185 g/mol. The molecule has 1 aliphatic carbocycles. The molecule has 2 atom stereocenters. The summed E-state index contributed by atoms with van der Waals surface area (Å²) in [6.45, 7) is 3.14. The maximum absolute atomic E-state index is 5.89. The molecule has 1 rings (SSSR count). The molecular weight excluding hydrogens is 162 g/mol. The third-order valence-electron chi connectivity index (χ3n) is 2.83. The quantitative estimate of drug-likeness (QED) is 0.645. The maximum atomic E-state index is 5.89. The molecule has 0 heterocycles. The van der Waals surface area contributed by atoms with E-state index in [0.717, 1.165) is 13.0 Å². The van der Waals surface area contributed by atoms with Crippen LogP contribution in [0, 0.1) is 0 Å². The third kappa shape index (κ3) is 4.10. The highest BCUT2D eigenvalue weighted by Gasteiger charge is 2.23. The van der Waals surface area contributed by atoms with Crippen molar-refractivity contribution in [3.8, 4) is 0 Å². The maximum Gasteiger partial charge on any atom is 0.0725 e. The summed E-state index contributed by atoms with van der Waals surface area (Å²) in [5.41, 5.74) is 5.89. The molecule has 2 nitrogen and oxygen atoms in total. The van der Waals surface area contributed by atoms with Crippen molar-refractivity contribution in [2.45, 2.75) is 64.0 Å². The Labute approximate surface area is 81.8 Å². The highest BCUT2D eigenvalue weighted by atomic mass is 16.5. The van der Waals surface area contributed by atoms with Gasteiger partial charge in [-0.05, 0) is 25.7 Å². The molecule has 0 saturated heterocycles. The van der Waals surface area contributed by atoms with Crippen LogP contribution in [0.1, 0.15) is 51.9 Å². The lowest BCUT2D eigenvalue weighted by Crippen LogP contribution is -2.31. The number of hydrogen-bond acceptors (Lipinski definition) is 2. The predicted octanol–water partition coefficient (Wildman–Crippen LogP) is 2.46. The first-order valence-electron chi connectivity index (χ1n) is 5.71. The van der Waals surface area contributed by atoms with Crippen LogP contribution in [-0.4, -0.2) is 18.8 Å². The van der Waals surface area contributed by atoms with Gasteiger partial charge in [0.05, 0.1) is 6.10 Å². The van der Waals surface area contributed by atoms with E-state index in [2.05, 4.69) is 6.92 Å². The van der Waals surface area contributed by atoms with Gasteiger partial charge < -0.3 is 10.5 Å². The molecule has 1 saturated carbocycles. The molecule has 0 aromatic carbocycles. The standard InChI is InChI=1S/C11H23NO/c1-2-3-4-5-9-13-11-8-6-7-10(11)12/h10-11H,2-9,12H2,1H3. The molecule has 1 aliphatic rings. The van der Waals surface area contributed by atoms with Gasteiger partial charge in [0.25, 0.3) is 0 Å². The first kappa shape index (κ1) is 11.0. The zero-order chi connectivity index (χ0) is 9.52. The van der Waals surface area contributed by atoms with E-state index in [9.17, 15) is 0 Å². The van der Waals surface area contributed by atoms with Gasteiger partial charge in [0, 0.05) is 12.6 Å². The van der Waals surface area contributed by atoms with Crippen molar-refractivity contribution in [3.63, 3.8) is 0 Å². The fourth-order valence-corrected chi connectivity index (χ4v) is 1.93. The van der Waals surface area contributed by atoms with Gasteiger partial charge in [-0.1, -0.05) is 26.2 Å². The molecule has 2 unspecified atom stereocenters. The van der Waals surface area contributed by atoms with Gasteiger partial charge in [0.1, 0.15) is 0 Å². The summed E-state index contributed by atoms with van der Waals surface area (Å²) in [4.78, 5) is 0. The minimum absolute atomic E-state index is 0.311. The lowest BCUT2D eigenvalue weighted by molar-refractivity contribution is 0.0456. The summed E-state index contributed by atoms with van der Waals surface area (Å²) >= 11 is 0. The summed E-state index contributed by atoms with van der Waals surface area (Å²) in [7, 11) is 0. The molecule has 2 N–H and O–H groups in total. The van der Waals surface area contributed by atoms with Crippen molar-refractivity contribution >= 4 is 0 Å². The third-order valence-corrected chi connectivity index (χ3v) is 2.83. The van der Waals surface area contributed by atoms with E-state index in [1.807, 2.05) is 0 Å². The van der Waals surface area contributed by atoms with Crippen molar-refractivity contribution < 1.29 is 4.74 Å². The fourth-order valence-electron chi connectivity index (χ4n) is 1.93. The second kappa shape index (κ2) is 6.39. The Morgan fingerprint density at radius 1 is 1.23 bits per heavy atom. The van der Waals surface area contributed by atoms with Crippen LogP contribution >= 0.6 is 0 Å². The first-order valence-corrected chi connectivity index (χ1v) is 5.71. The van der Waals surface area contributed by atoms with Crippen LogP contribution in [0.3, 0.4) is 0 Å². The molecule has 0 aromatic heterocycles. The highest BCUT2D eigenvalue weighted by Crippen LogP contribution is 2.20. The Bertz CT molecular complexity index is 127. The van der Waals surface area contributed by atoms with Gasteiger partial charge in [0.15, 0.2) is 0 Å². The second-order valence-electron chi connectivity index (χ2n) is 4.06. The molecule has 13 heavy (non-hydrogen) atoms. The highest BCUT2D eigenvalue weighted by molar-refractivity contribution is 4.80. The van der Waals surface area contributed by atoms with Crippen molar-refractivity contribution in [3.05, 3.63) is 0 Å². The van der Waals surface area contributed by atoms with Crippen LogP contribution in [0.25, 0.3) is 0 Å². The summed E-state index contributed by atoms with van der Waals surface area (Å²) < 4.78 is 5.74. The van der Waals surface area contributed by atoms with E-state index in [-0.39, 0.29) is 0 Å². The van der Waals surface area contributed by atoms with Crippen molar-refractivity contribution in [1.82, 2.24) is 0 Å². The minimum Gasteiger partial charge on any atom is -0.377 e. The summed E-state index contributed by atoms with van der Waals surface area (Å²) in [5, 5.41) is 0. The van der Waals surface area contributed by atoms with Crippen molar-refractivity contribution in [2.75, 3.05) is 6.61 Å². The summed E-state index contributed by atoms with van der Waals surface area (Å²) in [6.07, 6.45) is 9.08. The summed E-state index contributed by atoms with van der Waals surface area (Å²) in [6, 6.07) is 0.311. The van der Waals surface area contributed by atoms with Gasteiger partial charge in [-0.3, -0.25) is 0 Å². The zero-order valence-corrected chi connectivity index (χ0v) is 8.80. The largest absolute Gasteiger partial charge is 0.377 e. The number of ether oxygens (including phenoxy) is 1. The Morgan fingerprint density at radius 2 is 2.08 bits per heavy atom. The first-order chi connectivity index (χ1) is 6.34. The second-order valence-corrected chi connectivity index (χ2v) is 4.06. The Kier molecular flexibility index (Phi) is 5.40. The average molecular weight is 185 g/mol. The molecule has 0 spiro atoms. The molecule has 0 bridgehead atoms.